The molecule has 0 aliphatic carbocycles. The van der Waals surface area contributed by atoms with Gasteiger partial charge in [-0.05, 0) is 55.5 Å². The largest absolute Gasteiger partial charge is 0.373 e. The van der Waals surface area contributed by atoms with E-state index in [0.29, 0.717) is 19.7 Å². The Labute approximate surface area is 171 Å². The highest BCUT2D eigenvalue weighted by Crippen LogP contribution is 2.24. The smallest absolute Gasteiger partial charge is 0.244 e. The molecule has 0 bridgehead atoms. The lowest BCUT2D eigenvalue weighted by Crippen LogP contribution is -2.37. The van der Waals surface area contributed by atoms with Crippen LogP contribution < -0.4 is 4.90 Å². The fraction of sp³-hybridized carbons (Fsp3) is 0.476. The monoisotopic (exact) mass is 419 g/mol. The fourth-order valence-corrected chi connectivity index (χ4v) is 5.30. The zero-order valence-electron chi connectivity index (χ0n) is 16.3. The molecule has 2 saturated heterocycles. The van der Waals surface area contributed by atoms with E-state index < -0.39 is 10.0 Å². The molecular formula is C21H26FN3O3S. The van der Waals surface area contributed by atoms with E-state index in [-0.39, 0.29) is 16.8 Å². The number of hydrogen-bond acceptors (Lipinski definition) is 5. The molecule has 2 fully saturated rings. The van der Waals surface area contributed by atoms with Crippen LogP contribution in [0.4, 0.5) is 10.2 Å². The molecule has 0 saturated carbocycles. The quantitative estimate of drug-likeness (QED) is 0.720. The first-order valence-corrected chi connectivity index (χ1v) is 11.5. The predicted molar refractivity (Wildman–Crippen MR) is 109 cm³/mol. The standard InChI is InChI=1S/C21H26FN3O3S/c22-18-5-3-17(4-6-18)16-28-19-9-13-24(14-10-19)21-8-7-20(15-23-21)29(26,27)25-11-1-2-12-25/h3-8,15,19H,1-2,9-14,16H2. The number of rotatable bonds is 6. The maximum absolute atomic E-state index is 13.0. The molecular weight excluding hydrogens is 393 g/mol. The van der Waals surface area contributed by atoms with Gasteiger partial charge in [0.1, 0.15) is 16.5 Å². The molecule has 6 nitrogen and oxygen atoms in total. The van der Waals surface area contributed by atoms with E-state index in [1.54, 1.807) is 24.3 Å². The van der Waals surface area contributed by atoms with Gasteiger partial charge >= 0.3 is 0 Å². The number of hydrogen-bond donors (Lipinski definition) is 0. The van der Waals surface area contributed by atoms with Gasteiger partial charge in [-0.25, -0.2) is 17.8 Å². The first kappa shape index (κ1) is 20.3. The van der Waals surface area contributed by atoms with Gasteiger partial charge in [0.25, 0.3) is 0 Å². The molecule has 0 unspecified atom stereocenters. The van der Waals surface area contributed by atoms with Crippen molar-refractivity contribution in [3.63, 3.8) is 0 Å². The van der Waals surface area contributed by atoms with Crippen molar-refractivity contribution in [3.8, 4) is 0 Å². The van der Waals surface area contributed by atoms with Crippen molar-refractivity contribution in [3.05, 3.63) is 54.0 Å². The molecule has 2 aliphatic heterocycles. The minimum absolute atomic E-state index is 0.158. The minimum atomic E-state index is -3.42. The number of pyridine rings is 1. The van der Waals surface area contributed by atoms with Gasteiger partial charge in [-0.3, -0.25) is 0 Å². The highest BCUT2D eigenvalue weighted by Gasteiger charge is 2.28. The molecule has 2 aliphatic rings. The summed E-state index contributed by atoms with van der Waals surface area (Å²) in [7, 11) is -3.42. The van der Waals surface area contributed by atoms with Gasteiger partial charge in [0.05, 0.1) is 12.7 Å². The van der Waals surface area contributed by atoms with Gasteiger partial charge in [0, 0.05) is 32.4 Å². The molecule has 8 heteroatoms. The number of sulfonamides is 1. The normalized spacial score (nSPS) is 19.0. The van der Waals surface area contributed by atoms with Crippen LogP contribution in [-0.4, -0.2) is 50.0 Å². The van der Waals surface area contributed by atoms with Crippen LogP contribution in [-0.2, 0) is 21.4 Å². The maximum Gasteiger partial charge on any atom is 0.244 e. The van der Waals surface area contributed by atoms with E-state index in [2.05, 4.69) is 9.88 Å². The Balaban J connectivity index is 1.30. The molecule has 3 heterocycles. The lowest BCUT2D eigenvalue weighted by Gasteiger charge is -2.32. The number of aromatic nitrogens is 1. The van der Waals surface area contributed by atoms with E-state index in [9.17, 15) is 12.8 Å². The summed E-state index contributed by atoms with van der Waals surface area (Å²) in [6, 6.07) is 9.83. The number of anilines is 1. The van der Waals surface area contributed by atoms with E-state index in [1.807, 2.05) is 0 Å². The van der Waals surface area contributed by atoms with Crippen LogP contribution >= 0.6 is 0 Å². The Bertz CT molecular complexity index is 905. The summed E-state index contributed by atoms with van der Waals surface area (Å²) in [5, 5.41) is 0. The Morgan fingerprint density at radius 2 is 1.69 bits per heavy atom. The van der Waals surface area contributed by atoms with Crippen LogP contribution in [0, 0.1) is 5.82 Å². The summed E-state index contributed by atoms with van der Waals surface area (Å²) >= 11 is 0. The number of ether oxygens (including phenoxy) is 1. The average Bonchev–Trinajstić information content (AvgIpc) is 3.30. The molecule has 0 N–H and O–H groups in total. The second-order valence-electron chi connectivity index (χ2n) is 7.59. The molecule has 2 aromatic rings. The van der Waals surface area contributed by atoms with E-state index in [0.717, 1.165) is 50.2 Å². The number of nitrogens with zero attached hydrogens (tertiary/aromatic N) is 3. The molecule has 0 radical (unpaired) electrons. The zero-order valence-corrected chi connectivity index (χ0v) is 17.2. The van der Waals surface area contributed by atoms with Gasteiger partial charge < -0.3 is 9.64 Å². The van der Waals surface area contributed by atoms with E-state index in [4.69, 9.17) is 4.74 Å². The van der Waals surface area contributed by atoms with Crippen molar-refractivity contribution in [1.82, 2.24) is 9.29 Å². The van der Waals surface area contributed by atoms with Crippen LogP contribution in [0.2, 0.25) is 0 Å². The highest BCUT2D eigenvalue weighted by atomic mass is 32.2. The molecule has 1 aromatic heterocycles. The lowest BCUT2D eigenvalue weighted by atomic mass is 10.1. The minimum Gasteiger partial charge on any atom is -0.373 e. The number of piperidine rings is 1. The van der Waals surface area contributed by atoms with Crippen LogP contribution in [0.15, 0.2) is 47.5 Å². The SMILES string of the molecule is O=S(=O)(c1ccc(N2CCC(OCc3ccc(F)cc3)CC2)nc1)N1CCCC1. The fourth-order valence-electron chi connectivity index (χ4n) is 3.84. The molecule has 0 spiro atoms. The average molecular weight is 420 g/mol. The number of halogens is 1. The van der Waals surface area contributed by atoms with Crippen LogP contribution in [0.5, 0.6) is 0 Å². The second-order valence-corrected chi connectivity index (χ2v) is 9.53. The number of benzene rings is 1. The van der Waals surface area contributed by atoms with Crippen molar-refractivity contribution >= 4 is 15.8 Å². The summed E-state index contributed by atoms with van der Waals surface area (Å²) in [5.74, 6) is 0.552. The second kappa shape index (κ2) is 8.77. The van der Waals surface area contributed by atoms with Crippen molar-refractivity contribution < 1.29 is 17.5 Å². The summed E-state index contributed by atoms with van der Waals surface area (Å²) in [4.78, 5) is 6.83. The predicted octanol–water partition coefficient (Wildman–Crippen LogP) is 3.19. The summed E-state index contributed by atoms with van der Waals surface area (Å²) in [6.45, 7) is 3.27. The molecule has 1 aromatic carbocycles. The highest BCUT2D eigenvalue weighted by molar-refractivity contribution is 7.89. The Kier molecular flexibility index (Phi) is 6.12. The van der Waals surface area contributed by atoms with Gasteiger partial charge in [0.2, 0.25) is 10.0 Å². The maximum atomic E-state index is 13.0. The Hall–Kier alpha value is -2.03. The molecule has 29 heavy (non-hydrogen) atoms. The summed E-state index contributed by atoms with van der Waals surface area (Å²) < 4.78 is 45.7. The van der Waals surface area contributed by atoms with Crippen LogP contribution in [0.3, 0.4) is 0 Å². The van der Waals surface area contributed by atoms with Crippen molar-refractivity contribution in [1.29, 1.82) is 0 Å². The first-order valence-electron chi connectivity index (χ1n) is 10.1. The summed E-state index contributed by atoms with van der Waals surface area (Å²) in [6.07, 6.45) is 5.21. The molecule has 0 atom stereocenters. The van der Waals surface area contributed by atoms with Crippen molar-refractivity contribution in [2.75, 3.05) is 31.1 Å². The topological polar surface area (TPSA) is 62.7 Å². The first-order chi connectivity index (χ1) is 14.0. The third kappa shape index (κ3) is 4.76. The molecule has 4 rings (SSSR count). The van der Waals surface area contributed by atoms with E-state index in [1.165, 1.54) is 22.6 Å². The molecule has 0 amide bonds. The van der Waals surface area contributed by atoms with Crippen LogP contribution in [0.25, 0.3) is 0 Å². The summed E-state index contributed by atoms with van der Waals surface area (Å²) in [5.41, 5.74) is 0.963. The zero-order chi connectivity index (χ0) is 20.3. The third-order valence-electron chi connectivity index (χ3n) is 5.59. The Morgan fingerprint density at radius 3 is 2.31 bits per heavy atom. The van der Waals surface area contributed by atoms with Gasteiger partial charge in [0.15, 0.2) is 0 Å². The molecule has 156 valence electrons. The third-order valence-corrected chi connectivity index (χ3v) is 7.47. The van der Waals surface area contributed by atoms with Gasteiger partial charge in [-0.15, -0.1) is 0 Å². The lowest BCUT2D eigenvalue weighted by molar-refractivity contribution is 0.0250. The van der Waals surface area contributed by atoms with Crippen molar-refractivity contribution in [2.24, 2.45) is 0 Å². The van der Waals surface area contributed by atoms with Crippen LogP contribution in [0.1, 0.15) is 31.2 Å². The van der Waals surface area contributed by atoms with E-state index >= 15 is 0 Å². The Morgan fingerprint density at radius 1 is 1.00 bits per heavy atom. The van der Waals surface area contributed by atoms with Gasteiger partial charge in [-0.1, -0.05) is 12.1 Å². The van der Waals surface area contributed by atoms with Crippen molar-refractivity contribution in [2.45, 2.75) is 43.3 Å². The van der Waals surface area contributed by atoms with Gasteiger partial charge in [-0.2, -0.15) is 4.31 Å².